The molecular weight excluding hydrogens is 214 g/mol. The smallest absolute Gasteiger partial charge is 0.0505 e. The molecule has 72 valence electrons. The molecule has 0 aliphatic rings. The van der Waals surface area contributed by atoms with Gasteiger partial charge >= 0.3 is 0 Å². The summed E-state index contributed by atoms with van der Waals surface area (Å²) in [4.78, 5) is 1.23. The molecule has 1 aromatic carbocycles. The summed E-state index contributed by atoms with van der Waals surface area (Å²) in [5.41, 5.74) is 8.92. The van der Waals surface area contributed by atoms with Crippen molar-refractivity contribution in [2.45, 2.75) is 6.92 Å². The summed E-state index contributed by atoms with van der Waals surface area (Å²) in [5.74, 6) is 0. The monoisotopic (exact) mass is 223 g/mol. The second-order valence-corrected chi connectivity index (χ2v) is 4.65. The Bertz CT molecular complexity index is 443. The van der Waals surface area contributed by atoms with Gasteiger partial charge in [-0.05, 0) is 24.6 Å². The van der Waals surface area contributed by atoms with Crippen LogP contribution in [0.4, 0.5) is 5.69 Å². The number of nitrogens with two attached hydrogens (primary N) is 1. The van der Waals surface area contributed by atoms with Crippen molar-refractivity contribution < 1.29 is 0 Å². The number of hydrogen-bond donors (Lipinski definition) is 1. The van der Waals surface area contributed by atoms with Gasteiger partial charge in [0.1, 0.15) is 0 Å². The van der Waals surface area contributed by atoms with Gasteiger partial charge in [0.25, 0.3) is 0 Å². The number of hydrogen-bond acceptors (Lipinski definition) is 2. The first-order chi connectivity index (χ1) is 6.68. The van der Waals surface area contributed by atoms with E-state index < -0.39 is 0 Å². The van der Waals surface area contributed by atoms with E-state index in [0.29, 0.717) is 0 Å². The first-order valence-electron chi connectivity index (χ1n) is 4.28. The normalized spacial score (nSPS) is 10.4. The summed E-state index contributed by atoms with van der Waals surface area (Å²) in [5, 5.41) is 2.71. The third kappa shape index (κ3) is 1.63. The fraction of sp³-hybridized carbons (Fsp3) is 0.0909. The van der Waals surface area contributed by atoms with Crippen LogP contribution < -0.4 is 5.73 Å². The van der Waals surface area contributed by atoms with Gasteiger partial charge in [0.2, 0.25) is 0 Å². The molecule has 3 heteroatoms. The van der Waals surface area contributed by atoms with Crippen molar-refractivity contribution in [2.24, 2.45) is 0 Å². The van der Waals surface area contributed by atoms with Crippen LogP contribution in [0.3, 0.4) is 0 Å². The SMILES string of the molecule is Cc1scc(N)c1-c1cccc(Cl)c1. The molecule has 0 atom stereocenters. The highest BCUT2D eigenvalue weighted by molar-refractivity contribution is 7.11. The highest BCUT2D eigenvalue weighted by atomic mass is 35.5. The van der Waals surface area contributed by atoms with Gasteiger partial charge in [-0.1, -0.05) is 23.7 Å². The highest BCUT2D eigenvalue weighted by Crippen LogP contribution is 2.34. The second-order valence-electron chi connectivity index (χ2n) is 3.13. The summed E-state index contributed by atoms with van der Waals surface area (Å²) in [6.07, 6.45) is 0. The van der Waals surface area contributed by atoms with Crippen LogP contribution in [0.1, 0.15) is 4.88 Å². The second kappa shape index (κ2) is 3.64. The molecule has 2 aromatic rings. The van der Waals surface area contributed by atoms with E-state index in [1.54, 1.807) is 11.3 Å². The number of rotatable bonds is 1. The lowest BCUT2D eigenvalue weighted by atomic mass is 10.1. The van der Waals surface area contributed by atoms with Crippen LogP contribution in [0.5, 0.6) is 0 Å². The van der Waals surface area contributed by atoms with E-state index in [0.717, 1.165) is 21.8 Å². The van der Waals surface area contributed by atoms with E-state index in [-0.39, 0.29) is 0 Å². The van der Waals surface area contributed by atoms with Crippen LogP contribution in [-0.2, 0) is 0 Å². The van der Waals surface area contributed by atoms with Gasteiger partial charge in [-0.15, -0.1) is 11.3 Å². The maximum Gasteiger partial charge on any atom is 0.0505 e. The van der Waals surface area contributed by atoms with E-state index in [4.69, 9.17) is 17.3 Å². The maximum atomic E-state index is 5.93. The minimum absolute atomic E-state index is 0.743. The summed E-state index contributed by atoms with van der Waals surface area (Å²) >= 11 is 7.59. The lowest BCUT2D eigenvalue weighted by molar-refractivity contribution is 1.58. The molecule has 0 aliphatic heterocycles. The Hall–Kier alpha value is -0.990. The largest absolute Gasteiger partial charge is 0.398 e. The number of nitrogen functional groups attached to an aromatic ring is 1. The van der Waals surface area contributed by atoms with Crippen molar-refractivity contribution >= 4 is 28.6 Å². The molecule has 1 nitrogen and oxygen atoms in total. The van der Waals surface area contributed by atoms with Gasteiger partial charge in [0.05, 0.1) is 5.69 Å². The minimum atomic E-state index is 0.743. The molecule has 0 amide bonds. The van der Waals surface area contributed by atoms with Gasteiger partial charge in [-0.25, -0.2) is 0 Å². The van der Waals surface area contributed by atoms with Crippen molar-refractivity contribution in [3.05, 3.63) is 39.5 Å². The average Bonchev–Trinajstić information content (AvgIpc) is 2.46. The molecule has 0 fully saturated rings. The van der Waals surface area contributed by atoms with Crippen LogP contribution in [0.25, 0.3) is 11.1 Å². The molecule has 2 N–H and O–H groups in total. The third-order valence-corrected chi connectivity index (χ3v) is 3.28. The Labute approximate surface area is 92.1 Å². The molecule has 2 rings (SSSR count). The van der Waals surface area contributed by atoms with Crippen LogP contribution in [0.15, 0.2) is 29.6 Å². The first kappa shape index (κ1) is 9.56. The van der Waals surface area contributed by atoms with Crippen molar-refractivity contribution in [3.63, 3.8) is 0 Å². The lowest BCUT2D eigenvalue weighted by Crippen LogP contribution is -1.86. The zero-order chi connectivity index (χ0) is 10.1. The lowest BCUT2D eigenvalue weighted by Gasteiger charge is -2.02. The van der Waals surface area contributed by atoms with Gasteiger partial charge in [-0.3, -0.25) is 0 Å². The standard InChI is InChI=1S/C11H10ClNS/c1-7-11(10(13)6-14-7)8-3-2-4-9(12)5-8/h2-6H,13H2,1H3. The molecule has 0 saturated heterocycles. The number of thiophene rings is 1. The number of halogens is 1. The predicted octanol–water partition coefficient (Wildman–Crippen LogP) is 3.96. The van der Waals surface area contributed by atoms with Gasteiger partial charge in [0.15, 0.2) is 0 Å². The molecule has 0 unspecified atom stereocenters. The summed E-state index contributed by atoms with van der Waals surface area (Å²) < 4.78 is 0. The Kier molecular flexibility index (Phi) is 2.48. The Morgan fingerprint density at radius 3 is 2.71 bits per heavy atom. The van der Waals surface area contributed by atoms with Crippen LogP contribution >= 0.6 is 22.9 Å². The maximum absolute atomic E-state index is 5.93. The summed E-state index contributed by atoms with van der Waals surface area (Å²) in [7, 11) is 0. The fourth-order valence-corrected chi connectivity index (χ4v) is 2.45. The molecule has 0 aliphatic carbocycles. The summed E-state index contributed by atoms with van der Waals surface area (Å²) in [6.45, 7) is 2.07. The molecule has 0 spiro atoms. The third-order valence-electron chi connectivity index (χ3n) is 2.12. The Morgan fingerprint density at radius 2 is 2.14 bits per heavy atom. The Morgan fingerprint density at radius 1 is 1.36 bits per heavy atom. The zero-order valence-corrected chi connectivity index (χ0v) is 9.32. The Balaban J connectivity index is 2.59. The van der Waals surface area contributed by atoms with E-state index in [1.807, 2.05) is 29.6 Å². The molecule has 0 radical (unpaired) electrons. The molecular formula is C11H10ClNS. The molecule has 1 heterocycles. The van der Waals surface area contributed by atoms with Crippen molar-refractivity contribution in [1.29, 1.82) is 0 Å². The number of anilines is 1. The van der Waals surface area contributed by atoms with Crippen molar-refractivity contribution in [3.8, 4) is 11.1 Å². The van der Waals surface area contributed by atoms with Crippen LogP contribution in [0, 0.1) is 6.92 Å². The van der Waals surface area contributed by atoms with E-state index >= 15 is 0 Å². The first-order valence-corrected chi connectivity index (χ1v) is 5.54. The topological polar surface area (TPSA) is 26.0 Å². The molecule has 14 heavy (non-hydrogen) atoms. The molecule has 1 aromatic heterocycles. The fourth-order valence-electron chi connectivity index (χ4n) is 1.49. The van der Waals surface area contributed by atoms with E-state index in [2.05, 4.69) is 6.92 Å². The van der Waals surface area contributed by atoms with Gasteiger partial charge in [0, 0.05) is 20.8 Å². The van der Waals surface area contributed by atoms with E-state index in [1.165, 1.54) is 4.88 Å². The van der Waals surface area contributed by atoms with E-state index in [9.17, 15) is 0 Å². The highest BCUT2D eigenvalue weighted by Gasteiger charge is 2.08. The molecule has 0 saturated carbocycles. The van der Waals surface area contributed by atoms with Crippen LogP contribution in [0.2, 0.25) is 5.02 Å². The van der Waals surface area contributed by atoms with Gasteiger partial charge in [-0.2, -0.15) is 0 Å². The minimum Gasteiger partial charge on any atom is -0.398 e. The molecule has 0 bridgehead atoms. The predicted molar refractivity (Wildman–Crippen MR) is 63.9 cm³/mol. The summed E-state index contributed by atoms with van der Waals surface area (Å²) in [6, 6.07) is 7.77. The average molecular weight is 224 g/mol. The van der Waals surface area contributed by atoms with Crippen molar-refractivity contribution in [1.82, 2.24) is 0 Å². The van der Waals surface area contributed by atoms with Gasteiger partial charge < -0.3 is 5.73 Å². The zero-order valence-electron chi connectivity index (χ0n) is 7.75. The number of benzene rings is 1. The quantitative estimate of drug-likeness (QED) is 0.778. The number of aryl methyl sites for hydroxylation is 1. The van der Waals surface area contributed by atoms with Crippen molar-refractivity contribution in [2.75, 3.05) is 5.73 Å². The van der Waals surface area contributed by atoms with Crippen LogP contribution in [-0.4, -0.2) is 0 Å².